The van der Waals surface area contributed by atoms with Crippen molar-refractivity contribution in [1.82, 2.24) is 0 Å². The topological polar surface area (TPSA) is 24.9 Å². The summed E-state index contributed by atoms with van der Waals surface area (Å²) in [4.78, 5) is 4.77. The molecule has 656 valence electrons. The molecule has 1 saturated heterocycles. The average Bonchev–Trinajstić information content (AvgIpc) is 1.66. The van der Waals surface area contributed by atoms with Crippen LogP contribution in [-0.2, 0) is 20.1 Å². The second-order valence-electron chi connectivity index (χ2n) is 40.0. The lowest BCUT2D eigenvalue weighted by Gasteiger charge is -2.32. The van der Waals surface area contributed by atoms with Crippen molar-refractivity contribution >= 4 is 203 Å². The lowest BCUT2D eigenvalue weighted by molar-refractivity contribution is 0.00578. The van der Waals surface area contributed by atoms with Gasteiger partial charge >= 0.3 is 7.12 Å². The number of hydrogen-bond donors (Lipinski definition) is 0. The van der Waals surface area contributed by atoms with E-state index in [1.54, 1.807) is 0 Å². The van der Waals surface area contributed by atoms with Crippen molar-refractivity contribution < 1.29 is 9.31 Å². The highest BCUT2D eigenvalue weighted by atomic mass is 79.9. The van der Waals surface area contributed by atoms with Gasteiger partial charge in [0.1, 0.15) is 0 Å². The van der Waals surface area contributed by atoms with Crippen LogP contribution >= 0.6 is 15.9 Å². The predicted molar refractivity (Wildman–Crippen MR) is 593 cm³/mol. The molecule has 0 atom stereocenters. The van der Waals surface area contributed by atoms with Crippen LogP contribution in [0.4, 0.5) is 34.1 Å². The minimum atomic E-state index is -0.348. The Bertz CT molecular complexity index is 9240. The second-order valence-corrected chi connectivity index (χ2v) is 40.9. The number of rotatable bonds is 10. The summed E-state index contributed by atoms with van der Waals surface area (Å²) in [6.45, 7) is 17.9. The molecule has 0 spiro atoms. The smallest absolute Gasteiger partial charge is 0.399 e. The molecule has 3 aliphatic rings. The molecule has 25 aromatic carbocycles. The lowest BCUT2D eigenvalue weighted by Crippen LogP contribution is -2.41. The van der Waals surface area contributed by atoms with E-state index in [1.165, 1.54) is 229 Å². The second kappa shape index (κ2) is 31.8. The third kappa shape index (κ3) is 13.2. The van der Waals surface area contributed by atoms with Crippen molar-refractivity contribution in [3.8, 4) is 55.6 Å². The van der Waals surface area contributed by atoms with Crippen LogP contribution in [0.25, 0.3) is 196 Å². The molecule has 1 heterocycles. The van der Waals surface area contributed by atoms with Gasteiger partial charge in [0.05, 0.1) is 22.6 Å². The summed E-state index contributed by atoms with van der Waals surface area (Å²) in [7, 11) is -0.348. The van der Waals surface area contributed by atoms with Crippen molar-refractivity contribution in [3.63, 3.8) is 0 Å². The summed E-state index contributed by atoms with van der Waals surface area (Å²) in [6.07, 6.45) is 0. The Morgan fingerprint density at radius 3 is 0.964 bits per heavy atom. The molecular weight excluding hydrogens is 1740 g/mol. The number of nitrogens with zero attached hydrogens (tertiary/aromatic N) is 2. The van der Waals surface area contributed by atoms with E-state index in [0.29, 0.717) is 0 Å². The number of anilines is 6. The van der Waals surface area contributed by atoms with Gasteiger partial charge in [-0.05, 0) is 343 Å². The molecule has 0 saturated carbocycles. The van der Waals surface area contributed by atoms with Gasteiger partial charge in [-0.15, -0.1) is 0 Å². The van der Waals surface area contributed by atoms with Crippen molar-refractivity contribution in [2.24, 2.45) is 0 Å². The average molecular weight is 1830 g/mol. The Balaban J connectivity index is 0.000000117. The summed E-state index contributed by atoms with van der Waals surface area (Å²) in [5.74, 6) is 0. The van der Waals surface area contributed by atoms with Crippen molar-refractivity contribution in [1.29, 1.82) is 0 Å². The van der Waals surface area contributed by atoms with Crippen LogP contribution in [0.2, 0.25) is 0 Å². The predicted octanol–water partition coefficient (Wildman–Crippen LogP) is 36.5. The molecule has 25 aromatic rings. The van der Waals surface area contributed by atoms with Crippen LogP contribution < -0.4 is 15.3 Å². The highest BCUT2D eigenvalue weighted by Crippen LogP contribution is 2.57. The zero-order valence-corrected chi connectivity index (χ0v) is 79.8. The van der Waals surface area contributed by atoms with E-state index in [1.807, 2.05) is 0 Å². The van der Waals surface area contributed by atoms with E-state index in [2.05, 4.69) is 518 Å². The van der Waals surface area contributed by atoms with Gasteiger partial charge in [-0.1, -0.05) is 377 Å². The summed E-state index contributed by atoms with van der Waals surface area (Å²) in [5, 5.41) is 33.7. The standard InChI is InChI=1S/C65H43N.C39H35BO2.C28H18BrN/c1-65(2)60-37-46(28-32-54(60)59-38-57-52-18-10-8-16-50(52)51-17-9-11-19-53(51)58(57)39-61(59)65)41-20-22-42(23-21-41)49-31-25-43-27-34-56-62(35-29-44-26-33-55(49)63(43)64(44)56)66(47-14-4-3-5-15-47)48-30-24-40-12-6-7-13-45(40)36-48;1-37(2)35-21-25(24-15-18-26(19-16-24)40-41-38(3,4)39(5,6)42-40)17-20-31(35)34-22-32-29-13-9-7-11-27(29)28-12-8-10-14-30(28)33(32)23-36(34)37;29-25-17-13-19-12-16-24-26(18-14-20-11-15-23(25)27(19)28(20)24)30(21-7-3-1-4-8-21)22-9-5-2-6-10-22/h3-39H,1-2H3;7-23H,1-6H3;1-18H. The maximum absolute atomic E-state index is 6.28. The third-order valence-electron chi connectivity index (χ3n) is 31.1. The molecule has 4 nitrogen and oxygen atoms in total. The highest BCUT2D eigenvalue weighted by Gasteiger charge is 2.52. The first-order valence-corrected chi connectivity index (χ1v) is 49.1. The van der Waals surface area contributed by atoms with E-state index < -0.39 is 0 Å². The lowest BCUT2D eigenvalue weighted by atomic mass is 9.78. The molecule has 1 fully saturated rings. The monoisotopic (exact) mass is 1830 g/mol. The van der Waals surface area contributed by atoms with Crippen LogP contribution in [0.5, 0.6) is 0 Å². The number of benzene rings is 25. The molecule has 2 aliphatic carbocycles. The summed E-state index contributed by atoms with van der Waals surface area (Å²) in [5.41, 5.74) is 25.4. The van der Waals surface area contributed by atoms with Crippen molar-refractivity contribution in [3.05, 3.63) is 464 Å². The maximum atomic E-state index is 6.28. The Kier molecular flexibility index (Phi) is 19.1. The summed E-state index contributed by atoms with van der Waals surface area (Å²) < 4.78 is 13.7. The third-order valence-corrected chi connectivity index (χ3v) is 31.8. The summed E-state index contributed by atoms with van der Waals surface area (Å²) >= 11 is 3.75. The Labute approximate surface area is 812 Å². The number of fused-ring (bicyclic) bond motifs is 19. The van der Waals surface area contributed by atoms with Gasteiger partial charge in [-0.3, -0.25) is 0 Å². The first-order valence-electron chi connectivity index (χ1n) is 48.3. The molecule has 0 bridgehead atoms. The van der Waals surface area contributed by atoms with Crippen molar-refractivity contribution in [2.75, 3.05) is 9.80 Å². The zero-order chi connectivity index (χ0) is 92.8. The van der Waals surface area contributed by atoms with Gasteiger partial charge in [0.15, 0.2) is 0 Å². The van der Waals surface area contributed by atoms with Gasteiger partial charge in [-0.25, -0.2) is 0 Å². The van der Waals surface area contributed by atoms with Crippen LogP contribution in [0.1, 0.15) is 77.6 Å². The fourth-order valence-corrected chi connectivity index (χ4v) is 23.8. The fraction of sp³-hybridized carbons (Fsp3) is 0.0909. The van der Waals surface area contributed by atoms with E-state index in [9.17, 15) is 0 Å². The maximum Gasteiger partial charge on any atom is 0.494 e. The van der Waals surface area contributed by atoms with Gasteiger partial charge in [-0.2, -0.15) is 0 Å². The van der Waals surface area contributed by atoms with E-state index in [-0.39, 0.29) is 29.2 Å². The summed E-state index contributed by atoms with van der Waals surface area (Å²) in [6, 6.07) is 161. The molecule has 138 heavy (non-hydrogen) atoms. The van der Waals surface area contributed by atoms with Crippen LogP contribution in [0.3, 0.4) is 0 Å². The highest BCUT2D eigenvalue weighted by molar-refractivity contribution is 9.10. The van der Waals surface area contributed by atoms with Crippen LogP contribution in [-0.4, -0.2) is 18.3 Å². The Hall–Kier alpha value is -15.5. The molecule has 1 aliphatic heterocycles. The first kappa shape index (κ1) is 83.1. The molecule has 0 radical (unpaired) electrons. The number of hydrogen-bond acceptors (Lipinski definition) is 4. The molecule has 0 N–H and O–H groups in total. The van der Waals surface area contributed by atoms with Gasteiger partial charge in [0.2, 0.25) is 0 Å². The number of para-hydroxylation sites is 3. The molecule has 6 heteroatoms. The van der Waals surface area contributed by atoms with Gasteiger partial charge < -0.3 is 19.1 Å². The van der Waals surface area contributed by atoms with Crippen molar-refractivity contribution in [2.45, 2.75) is 77.4 Å². The van der Waals surface area contributed by atoms with Crippen LogP contribution in [0, 0.1) is 0 Å². The Morgan fingerprint density at radius 2 is 0.514 bits per heavy atom. The number of halogens is 1. The first-order chi connectivity index (χ1) is 67.3. The minimum absolute atomic E-state index is 0.107. The largest absolute Gasteiger partial charge is 0.494 e. The van der Waals surface area contributed by atoms with Gasteiger partial charge in [0.25, 0.3) is 0 Å². The molecular formula is C132H96BBrN2O2. The minimum Gasteiger partial charge on any atom is -0.399 e. The molecule has 28 rings (SSSR count). The van der Waals surface area contributed by atoms with E-state index >= 15 is 0 Å². The molecule has 0 amide bonds. The van der Waals surface area contributed by atoms with Crippen LogP contribution in [0.15, 0.2) is 441 Å². The van der Waals surface area contributed by atoms with E-state index in [4.69, 9.17) is 9.31 Å². The normalized spacial score (nSPS) is 14.3. The molecule has 0 aromatic heterocycles. The Morgan fingerprint density at radius 1 is 0.203 bits per heavy atom. The van der Waals surface area contributed by atoms with Gasteiger partial charge in [0, 0.05) is 48.8 Å². The SMILES string of the molecule is Brc1ccc2ccc3c(N(c4ccccc4)c4ccccc4)ccc4ccc1c2c43.CC1(C)c2cc(-c3ccc(-c4ccc5ccc6c(N(c7ccccc7)c7ccc8ccccc8c7)ccc7ccc4c5c76)cc3)ccc2-c2cc3c4ccccc4c4ccccc4c3cc21.CC1(C)c2cc(-c3ccc(B4OC(C)(C)C(C)(C)O4)cc3)ccc2-c2cc3c4ccccc4c4ccccc4c3cc21. The fourth-order valence-electron chi connectivity index (χ4n) is 23.4. The van der Waals surface area contributed by atoms with E-state index in [0.717, 1.165) is 32.7 Å². The molecule has 0 unspecified atom stereocenters. The zero-order valence-electron chi connectivity index (χ0n) is 78.2. The quantitative estimate of drug-likeness (QED) is 0.101.